The van der Waals surface area contributed by atoms with Crippen molar-refractivity contribution in [2.24, 2.45) is 0 Å². The van der Waals surface area contributed by atoms with Crippen molar-refractivity contribution in [2.75, 3.05) is 0 Å². The summed E-state index contributed by atoms with van der Waals surface area (Å²) >= 11 is 14.1. The molecule has 0 unspecified atom stereocenters. The molecule has 0 aliphatic carbocycles. The molecule has 0 N–H and O–H groups in total. The molecule has 72 heavy (non-hydrogen) atoms. The highest BCUT2D eigenvalue weighted by Crippen LogP contribution is 2.37. The maximum atomic E-state index is 6.25. The van der Waals surface area contributed by atoms with Crippen LogP contribution in [0, 0.1) is 3.57 Å². The monoisotopic (exact) mass is 1090 g/mol. The van der Waals surface area contributed by atoms with E-state index in [1.165, 1.54) is 3.57 Å². The van der Waals surface area contributed by atoms with E-state index in [2.05, 4.69) is 62.4 Å². The minimum absolute atomic E-state index is 0.401. The highest BCUT2D eigenvalue weighted by atomic mass is 127. The summed E-state index contributed by atoms with van der Waals surface area (Å²) in [5, 5.41) is 1.51. The third-order valence-electron chi connectivity index (χ3n) is 12.1. The van der Waals surface area contributed by atoms with E-state index in [0.717, 1.165) is 55.0 Å². The van der Waals surface area contributed by atoms with Crippen molar-refractivity contribution in [3.63, 3.8) is 0 Å². The highest BCUT2D eigenvalue weighted by molar-refractivity contribution is 14.1. The maximum absolute atomic E-state index is 6.25. The van der Waals surface area contributed by atoms with Gasteiger partial charge in [0.25, 0.3) is 0 Å². The van der Waals surface area contributed by atoms with E-state index in [-0.39, 0.29) is 0 Å². The first-order chi connectivity index (χ1) is 34.9. The average Bonchev–Trinajstić information content (AvgIpc) is 3.65. The Morgan fingerprint density at radius 1 is 0.333 bits per heavy atom. The Labute approximate surface area is 444 Å². The summed E-state index contributed by atoms with van der Waals surface area (Å²) in [7, 11) is -0.445. The standard InChI is InChI=1S/C27H26BN3O2.C27H18ClN3.C6H4ClI/c1-26(2)27(3,4)33-28(32-26)22-17-11-16-21(18-22)25-30-23(19-12-7-5-8-13-19)29-24(31-25)20-14-9-6-10-15-20;28-24-16-8-14-22(18-24)21-13-7-15-23(17-21)27-30-25(19-9-3-1-4-10-19)29-26(31-27)20-11-5-2-6-12-20;7-5-2-1-3-6(8)4-5/h5-18H,1-4H3;1-18H;1-4H. The molecule has 10 aromatic rings. The molecular formula is C60H48BCl2IN6O2. The predicted octanol–water partition coefficient (Wildman–Crippen LogP) is 15.3. The number of benzene rings is 8. The fourth-order valence-electron chi connectivity index (χ4n) is 7.64. The molecule has 11 rings (SSSR count). The lowest BCUT2D eigenvalue weighted by Gasteiger charge is -2.32. The number of rotatable bonds is 8. The number of hydrogen-bond donors (Lipinski definition) is 0. The molecular weight excluding hydrogens is 1050 g/mol. The maximum Gasteiger partial charge on any atom is 0.494 e. The van der Waals surface area contributed by atoms with Gasteiger partial charge in [0, 0.05) is 47.0 Å². The van der Waals surface area contributed by atoms with E-state index in [4.69, 9.17) is 62.4 Å². The average molecular weight is 1090 g/mol. The molecule has 12 heteroatoms. The van der Waals surface area contributed by atoms with Crippen LogP contribution in [0.1, 0.15) is 27.7 Å². The van der Waals surface area contributed by atoms with E-state index in [0.29, 0.717) is 40.0 Å². The third-order valence-corrected chi connectivity index (χ3v) is 13.3. The van der Waals surface area contributed by atoms with Gasteiger partial charge < -0.3 is 9.31 Å². The Balaban J connectivity index is 0.000000154. The van der Waals surface area contributed by atoms with Crippen molar-refractivity contribution in [1.29, 1.82) is 0 Å². The smallest absolute Gasteiger partial charge is 0.399 e. The molecule has 0 amide bonds. The van der Waals surface area contributed by atoms with Gasteiger partial charge in [0.1, 0.15) is 0 Å². The number of nitrogens with zero attached hydrogens (tertiary/aromatic N) is 6. The summed E-state index contributed by atoms with van der Waals surface area (Å²) in [6.07, 6.45) is 0. The van der Waals surface area contributed by atoms with Gasteiger partial charge in [-0.1, -0.05) is 205 Å². The second kappa shape index (κ2) is 22.7. The van der Waals surface area contributed by atoms with Gasteiger partial charge in [-0.3, -0.25) is 0 Å². The predicted molar refractivity (Wildman–Crippen MR) is 303 cm³/mol. The first-order valence-electron chi connectivity index (χ1n) is 23.3. The lowest BCUT2D eigenvalue weighted by Crippen LogP contribution is -2.41. The molecule has 0 radical (unpaired) electrons. The molecule has 8 nitrogen and oxygen atoms in total. The van der Waals surface area contributed by atoms with Gasteiger partial charge in [0.05, 0.1) is 11.2 Å². The molecule has 2 aromatic heterocycles. The van der Waals surface area contributed by atoms with Crippen LogP contribution in [0.15, 0.2) is 218 Å². The molecule has 1 saturated heterocycles. The second-order valence-electron chi connectivity index (χ2n) is 17.8. The molecule has 8 aromatic carbocycles. The molecule has 1 aliphatic rings. The van der Waals surface area contributed by atoms with Gasteiger partial charge in [0.15, 0.2) is 34.9 Å². The van der Waals surface area contributed by atoms with Crippen molar-refractivity contribution in [1.82, 2.24) is 29.9 Å². The van der Waals surface area contributed by atoms with Crippen LogP contribution in [0.25, 0.3) is 79.5 Å². The minimum Gasteiger partial charge on any atom is -0.399 e. The molecule has 1 fully saturated rings. The Hall–Kier alpha value is -6.93. The zero-order valence-electron chi connectivity index (χ0n) is 40.0. The van der Waals surface area contributed by atoms with Crippen LogP contribution in [0.3, 0.4) is 0 Å². The van der Waals surface area contributed by atoms with E-state index < -0.39 is 18.3 Å². The number of aromatic nitrogens is 6. The largest absolute Gasteiger partial charge is 0.494 e. The van der Waals surface area contributed by atoms with Gasteiger partial charge in [-0.15, -0.1) is 0 Å². The number of hydrogen-bond acceptors (Lipinski definition) is 8. The topological polar surface area (TPSA) is 95.8 Å². The molecule has 0 saturated carbocycles. The molecule has 0 bridgehead atoms. The summed E-state index contributed by atoms with van der Waals surface area (Å²) < 4.78 is 13.7. The van der Waals surface area contributed by atoms with Crippen LogP contribution in [0.2, 0.25) is 10.0 Å². The first kappa shape index (κ1) is 50.0. The first-order valence-corrected chi connectivity index (χ1v) is 25.2. The number of halogens is 3. The van der Waals surface area contributed by atoms with Gasteiger partial charge >= 0.3 is 7.12 Å². The summed E-state index contributed by atoms with van der Waals surface area (Å²) in [4.78, 5) is 28.8. The van der Waals surface area contributed by atoms with Crippen LogP contribution in [0.5, 0.6) is 0 Å². The van der Waals surface area contributed by atoms with Gasteiger partial charge in [-0.25, -0.2) is 29.9 Å². The van der Waals surface area contributed by atoms with Crippen molar-refractivity contribution in [3.8, 4) is 79.5 Å². The lowest BCUT2D eigenvalue weighted by atomic mass is 9.78. The van der Waals surface area contributed by atoms with Crippen LogP contribution in [-0.2, 0) is 9.31 Å². The third kappa shape index (κ3) is 12.4. The highest BCUT2D eigenvalue weighted by Gasteiger charge is 2.51. The van der Waals surface area contributed by atoms with Gasteiger partial charge in [-0.2, -0.15) is 0 Å². The fourth-order valence-corrected chi connectivity index (χ4v) is 8.75. The molecule has 1 aliphatic heterocycles. The normalized spacial score (nSPS) is 13.3. The van der Waals surface area contributed by atoms with Crippen molar-refractivity contribution in [2.45, 2.75) is 38.9 Å². The van der Waals surface area contributed by atoms with Gasteiger partial charge in [-0.05, 0) is 103 Å². The Bertz CT molecular complexity index is 3280. The summed E-state index contributed by atoms with van der Waals surface area (Å²) in [5.74, 6) is 3.83. The Morgan fingerprint density at radius 3 is 1.01 bits per heavy atom. The Kier molecular flexibility index (Phi) is 15.7. The summed E-state index contributed by atoms with van der Waals surface area (Å²) in [6.45, 7) is 8.23. The lowest BCUT2D eigenvalue weighted by molar-refractivity contribution is 0.00578. The molecule has 0 spiro atoms. The molecule has 0 atom stereocenters. The van der Waals surface area contributed by atoms with Crippen LogP contribution >= 0.6 is 45.8 Å². The van der Waals surface area contributed by atoms with Gasteiger partial charge in [0.2, 0.25) is 0 Å². The molecule has 3 heterocycles. The summed E-state index contributed by atoms with van der Waals surface area (Å²) in [6, 6.07) is 71.7. The van der Waals surface area contributed by atoms with Crippen molar-refractivity contribution < 1.29 is 9.31 Å². The zero-order chi connectivity index (χ0) is 50.1. The Morgan fingerprint density at radius 2 is 0.639 bits per heavy atom. The van der Waals surface area contributed by atoms with Crippen molar-refractivity contribution in [3.05, 3.63) is 232 Å². The SMILES string of the molecule is CC1(C)OB(c2cccc(-c3nc(-c4ccccc4)nc(-c4ccccc4)n3)c2)OC1(C)C.Clc1cccc(-c2cccc(-c3nc(-c4ccccc4)nc(-c4ccccc4)n3)c2)c1.Clc1cccc(I)c1. The second-order valence-corrected chi connectivity index (χ2v) is 19.9. The van der Waals surface area contributed by atoms with E-state index in [1.54, 1.807) is 0 Å². The van der Waals surface area contributed by atoms with E-state index >= 15 is 0 Å². The van der Waals surface area contributed by atoms with Crippen LogP contribution in [0.4, 0.5) is 0 Å². The van der Waals surface area contributed by atoms with Crippen molar-refractivity contribution >= 4 is 58.4 Å². The summed E-state index contributed by atoms with van der Waals surface area (Å²) in [5.41, 5.74) is 7.86. The van der Waals surface area contributed by atoms with E-state index in [9.17, 15) is 0 Å². The fraction of sp³-hybridized carbons (Fsp3) is 0.100. The van der Waals surface area contributed by atoms with E-state index in [1.807, 2.05) is 206 Å². The zero-order valence-corrected chi connectivity index (χ0v) is 43.7. The molecule has 354 valence electrons. The van der Waals surface area contributed by atoms with Crippen LogP contribution in [-0.4, -0.2) is 48.2 Å². The van der Waals surface area contributed by atoms with Crippen LogP contribution < -0.4 is 5.46 Å². The minimum atomic E-state index is -0.445. The quantitative estimate of drug-likeness (QED) is 0.110.